The van der Waals surface area contributed by atoms with Gasteiger partial charge in [-0.05, 0) is 25.8 Å². The third-order valence-electron chi connectivity index (χ3n) is 5.06. The lowest BCUT2D eigenvalue weighted by atomic mass is 9.94. The first-order valence-corrected chi connectivity index (χ1v) is 9.29. The first-order chi connectivity index (χ1) is 11.8. The molecule has 1 aromatic rings. The summed E-state index contributed by atoms with van der Waals surface area (Å²) in [4.78, 5) is 19.2. The normalized spacial score (nSPS) is 19.9. The largest absolute Gasteiger partial charge is 0.474 e. The number of carbonyl (C=O) groups excluding carboxylic acids is 1. The number of rotatable bonds is 5. The first kappa shape index (κ1) is 17.2. The van der Waals surface area contributed by atoms with Crippen molar-refractivity contribution in [3.63, 3.8) is 0 Å². The molecule has 1 amide bonds. The standard InChI is InChI=1S/C19H28N2O3/c1-2-21(16-6-4-3-5-7-16)19(22)15-8-9-18(20-14-15)24-17-10-12-23-13-11-17/h8-9,14,16-17H,2-7,10-13H2,1H3. The maximum atomic E-state index is 12.8. The van der Waals surface area contributed by atoms with Crippen LogP contribution in [-0.4, -0.2) is 47.7 Å². The van der Waals surface area contributed by atoms with E-state index in [0.29, 0.717) is 17.5 Å². The summed E-state index contributed by atoms with van der Waals surface area (Å²) in [5.74, 6) is 0.689. The Morgan fingerprint density at radius 2 is 1.96 bits per heavy atom. The Balaban J connectivity index is 1.61. The van der Waals surface area contributed by atoms with Gasteiger partial charge in [-0.3, -0.25) is 4.79 Å². The molecule has 0 N–H and O–H groups in total. The van der Waals surface area contributed by atoms with E-state index in [1.165, 1.54) is 19.3 Å². The highest BCUT2D eigenvalue weighted by Gasteiger charge is 2.25. The van der Waals surface area contributed by atoms with Crippen LogP contribution < -0.4 is 4.74 Å². The third-order valence-corrected chi connectivity index (χ3v) is 5.06. The maximum absolute atomic E-state index is 12.8. The van der Waals surface area contributed by atoms with Crippen molar-refractivity contribution >= 4 is 5.91 Å². The van der Waals surface area contributed by atoms with Crippen LogP contribution in [0.25, 0.3) is 0 Å². The fourth-order valence-corrected chi connectivity index (χ4v) is 3.67. The zero-order valence-corrected chi connectivity index (χ0v) is 14.6. The summed E-state index contributed by atoms with van der Waals surface area (Å²) in [5, 5.41) is 0. The van der Waals surface area contributed by atoms with Gasteiger partial charge in [-0.1, -0.05) is 19.3 Å². The van der Waals surface area contributed by atoms with Gasteiger partial charge in [-0.2, -0.15) is 0 Å². The highest BCUT2D eigenvalue weighted by atomic mass is 16.5. The van der Waals surface area contributed by atoms with E-state index in [4.69, 9.17) is 9.47 Å². The zero-order valence-electron chi connectivity index (χ0n) is 14.6. The van der Waals surface area contributed by atoms with Gasteiger partial charge in [0.2, 0.25) is 5.88 Å². The van der Waals surface area contributed by atoms with Crippen LogP contribution in [0.5, 0.6) is 5.88 Å². The van der Waals surface area contributed by atoms with Gasteiger partial charge in [0.05, 0.1) is 18.8 Å². The second-order valence-electron chi connectivity index (χ2n) is 6.70. The van der Waals surface area contributed by atoms with Crippen LogP contribution in [0.3, 0.4) is 0 Å². The molecule has 3 rings (SSSR count). The quantitative estimate of drug-likeness (QED) is 0.829. The maximum Gasteiger partial charge on any atom is 0.255 e. The van der Waals surface area contributed by atoms with Gasteiger partial charge in [0.15, 0.2) is 0 Å². The van der Waals surface area contributed by atoms with Crippen LogP contribution >= 0.6 is 0 Å². The van der Waals surface area contributed by atoms with Crippen LogP contribution in [0.2, 0.25) is 0 Å². The Bertz CT molecular complexity index is 520. The lowest BCUT2D eigenvalue weighted by Crippen LogP contribution is -2.41. The zero-order chi connectivity index (χ0) is 16.8. The van der Waals surface area contributed by atoms with E-state index >= 15 is 0 Å². The van der Waals surface area contributed by atoms with Crippen LogP contribution in [0.15, 0.2) is 18.3 Å². The molecule has 1 aromatic heterocycles. The fourth-order valence-electron chi connectivity index (χ4n) is 3.67. The predicted octanol–water partition coefficient (Wildman–Crippen LogP) is 3.43. The molecule has 1 aliphatic carbocycles. The van der Waals surface area contributed by atoms with Gasteiger partial charge < -0.3 is 14.4 Å². The summed E-state index contributed by atoms with van der Waals surface area (Å²) in [6.07, 6.45) is 9.61. The van der Waals surface area contributed by atoms with Gasteiger partial charge in [0.1, 0.15) is 6.10 Å². The third kappa shape index (κ3) is 4.26. The SMILES string of the molecule is CCN(C(=O)c1ccc(OC2CCOCC2)nc1)C1CCCCC1. The molecule has 5 heteroatoms. The second-order valence-corrected chi connectivity index (χ2v) is 6.70. The molecule has 24 heavy (non-hydrogen) atoms. The summed E-state index contributed by atoms with van der Waals surface area (Å²) in [5.41, 5.74) is 0.654. The van der Waals surface area contributed by atoms with Crippen LogP contribution in [-0.2, 0) is 4.74 Å². The van der Waals surface area contributed by atoms with Crippen LogP contribution in [0.4, 0.5) is 0 Å². The number of hydrogen-bond acceptors (Lipinski definition) is 4. The van der Waals surface area contributed by atoms with E-state index < -0.39 is 0 Å². The van der Waals surface area contributed by atoms with Crippen LogP contribution in [0.1, 0.15) is 62.2 Å². The minimum atomic E-state index is 0.0921. The average Bonchev–Trinajstić information content (AvgIpc) is 2.65. The Morgan fingerprint density at radius 3 is 2.58 bits per heavy atom. The molecule has 0 atom stereocenters. The predicted molar refractivity (Wildman–Crippen MR) is 92.3 cm³/mol. The van der Waals surface area contributed by atoms with Crippen molar-refractivity contribution in [1.29, 1.82) is 0 Å². The molecule has 132 valence electrons. The number of hydrogen-bond donors (Lipinski definition) is 0. The fraction of sp³-hybridized carbons (Fsp3) is 0.684. The summed E-state index contributed by atoms with van der Waals surface area (Å²) in [7, 11) is 0. The molecule has 2 heterocycles. The van der Waals surface area contributed by atoms with Gasteiger partial charge in [-0.25, -0.2) is 4.98 Å². The number of ether oxygens (including phenoxy) is 2. The van der Waals surface area contributed by atoms with E-state index in [0.717, 1.165) is 45.4 Å². The molecule has 5 nitrogen and oxygen atoms in total. The minimum Gasteiger partial charge on any atom is -0.474 e. The average molecular weight is 332 g/mol. The van der Waals surface area contributed by atoms with Crippen molar-refractivity contribution in [2.24, 2.45) is 0 Å². The van der Waals surface area contributed by atoms with Crippen LogP contribution in [0, 0.1) is 0 Å². The molecule has 1 saturated heterocycles. The Morgan fingerprint density at radius 1 is 1.21 bits per heavy atom. The van der Waals surface area contributed by atoms with E-state index in [1.54, 1.807) is 6.20 Å². The van der Waals surface area contributed by atoms with Gasteiger partial charge in [0, 0.05) is 37.7 Å². The monoisotopic (exact) mass is 332 g/mol. The molecule has 0 radical (unpaired) electrons. The number of pyridine rings is 1. The Hall–Kier alpha value is -1.62. The Labute approximate surface area is 144 Å². The molecule has 0 unspecified atom stereocenters. The molecular weight excluding hydrogens is 304 g/mol. The molecule has 0 aromatic carbocycles. The Kier molecular flexibility index (Phi) is 6.07. The first-order valence-electron chi connectivity index (χ1n) is 9.29. The number of amides is 1. The molecule has 0 bridgehead atoms. The summed E-state index contributed by atoms with van der Waals surface area (Å²) in [6, 6.07) is 4.04. The van der Waals surface area contributed by atoms with Crippen molar-refractivity contribution < 1.29 is 14.3 Å². The molecule has 0 spiro atoms. The smallest absolute Gasteiger partial charge is 0.255 e. The van der Waals surface area contributed by atoms with E-state index in [1.807, 2.05) is 17.0 Å². The lowest BCUT2D eigenvalue weighted by Gasteiger charge is -2.33. The summed E-state index contributed by atoms with van der Waals surface area (Å²) in [6.45, 7) is 4.30. The van der Waals surface area contributed by atoms with Crippen molar-refractivity contribution in [1.82, 2.24) is 9.88 Å². The molecule has 1 saturated carbocycles. The molecular formula is C19H28N2O3. The number of carbonyl (C=O) groups is 1. The van der Waals surface area contributed by atoms with Crippen molar-refractivity contribution in [2.75, 3.05) is 19.8 Å². The topological polar surface area (TPSA) is 51.7 Å². The van der Waals surface area contributed by atoms with Gasteiger partial charge in [-0.15, -0.1) is 0 Å². The molecule has 2 fully saturated rings. The van der Waals surface area contributed by atoms with Crippen molar-refractivity contribution in [3.05, 3.63) is 23.9 Å². The lowest BCUT2D eigenvalue weighted by molar-refractivity contribution is 0.0237. The minimum absolute atomic E-state index is 0.0921. The molecule has 1 aliphatic heterocycles. The van der Waals surface area contributed by atoms with E-state index in [9.17, 15) is 4.79 Å². The highest BCUT2D eigenvalue weighted by Crippen LogP contribution is 2.24. The molecule has 2 aliphatic rings. The second kappa shape index (κ2) is 8.47. The highest BCUT2D eigenvalue weighted by molar-refractivity contribution is 5.94. The van der Waals surface area contributed by atoms with E-state index in [2.05, 4.69) is 11.9 Å². The van der Waals surface area contributed by atoms with E-state index in [-0.39, 0.29) is 12.0 Å². The number of nitrogens with zero attached hydrogens (tertiary/aromatic N) is 2. The van der Waals surface area contributed by atoms with Gasteiger partial charge >= 0.3 is 0 Å². The summed E-state index contributed by atoms with van der Waals surface area (Å²) >= 11 is 0. The van der Waals surface area contributed by atoms with Gasteiger partial charge in [0.25, 0.3) is 5.91 Å². The summed E-state index contributed by atoms with van der Waals surface area (Å²) < 4.78 is 11.2. The van der Waals surface area contributed by atoms with Crippen molar-refractivity contribution in [3.8, 4) is 5.88 Å². The number of aromatic nitrogens is 1. The van der Waals surface area contributed by atoms with Crippen molar-refractivity contribution in [2.45, 2.75) is 64.0 Å².